The molecule has 0 aliphatic carbocycles. The molecule has 0 bridgehead atoms. The minimum Gasteiger partial charge on any atom is -0.324 e. The summed E-state index contributed by atoms with van der Waals surface area (Å²) in [6.45, 7) is 3.97. The van der Waals surface area contributed by atoms with Gasteiger partial charge in [-0.15, -0.1) is 0 Å². The fourth-order valence-corrected chi connectivity index (χ4v) is 3.92. The molecule has 2 aliphatic rings. The van der Waals surface area contributed by atoms with Crippen LogP contribution in [0.1, 0.15) is 24.5 Å². The lowest BCUT2D eigenvalue weighted by Crippen LogP contribution is -2.46. The van der Waals surface area contributed by atoms with E-state index >= 15 is 0 Å². The molecule has 26 heavy (non-hydrogen) atoms. The summed E-state index contributed by atoms with van der Waals surface area (Å²) in [7, 11) is 0. The van der Waals surface area contributed by atoms with Crippen LogP contribution in [0.4, 0.5) is 11.4 Å². The van der Waals surface area contributed by atoms with Gasteiger partial charge in [0.2, 0.25) is 11.8 Å². The van der Waals surface area contributed by atoms with Gasteiger partial charge >= 0.3 is 0 Å². The molecule has 0 aromatic heterocycles. The summed E-state index contributed by atoms with van der Waals surface area (Å²) in [5.74, 6) is -0.00650. The molecule has 0 saturated carbocycles. The number of hydrogen-bond acceptors (Lipinski definition) is 3. The molecule has 1 N–H and O–H groups in total. The molecule has 0 saturated heterocycles. The fourth-order valence-electron chi connectivity index (χ4n) is 3.92. The predicted molar refractivity (Wildman–Crippen MR) is 102 cm³/mol. The van der Waals surface area contributed by atoms with Gasteiger partial charge in [0.05, 0.1) is 17.9 Å². The molecular weight excluding hydrogens is 326 g/mol. The molecule has 0 radical (unpaired) electrons. The van der Waals surface area contributed by atoms with Crippen LogP contribution in [0.2, 0.25) is 0 Å². The molecule has 5 nitrogen and oxygen atoms in total. The SMILES string of the molecule is C[C@H]1CC(=O)Nc2ccccc2N1C(=O)CN1CCc2ccccc2C1. The van der Waals surface area contributed by atoms with Crippen LogP contribution in [0.5, 0.6) is 0 Å². The predicted octanol–water partition coefficient (Wildman–Crippen LogP) is 2.81. The van der Waals surface area contributed by atoms with E-state index in [1.807, 2.05) is 31.2 Å². The highest BCUT2D eigenvalue weighted by molar-refractivity contribution is 6.04. The number of nitrogens with one attached hydrogen (secondary N) is 1. The smallest absolute Gasteiger partial charge is 0.241 e. The number of hydrogen-bond donors (Lipinski definition) is 1. The number of carbonyl (C=O) groups is 2. The Balaban J connectivity index is 1.55. The number of anilines is 2. The van der Waals surface area contributed by atoms with Crippen molar-refractivity contribution in [1.29, 1.82) is 0 Å². The molecule has 1 atom stereocenters. The van der Waals surface area contributed by atoms with Crippen LogP contribution >= 0.6 is 0 Å². The van der Waals surface area contributed by atoms with E-state index in [2.05, 4.69) is 34.5 Å². The first-order valence-electron chi connectivity index (χ1n) is 9.12. The van der Waals surface area contributed by atoms with Crippen LogP contribution in [-0.4, -0.2) is 35.8 Å². The number of rotatable bonds is 2. The monoisotopic (exact) mass is 349 g/mol. The third kappa shape index (κ3) is 3.22. The summed E-state index contributed by atoms with van der Waals surface area (Å²) in [6.07, 6.45) is 1.28. The van der Waals surface area contributed by atoms with E-state index in [0.29, 0.717) is 18.7 Å². The van der Waals surface area contributed by atoms with Crippen LogP contribution in [0.15, 0.2) is 48.5 Å². The number of carbonyl (C=O) groups excluding carboxylic acids is 2. The Hall–Kier alpha value is -2.66. The zero-order valence-corrected chi connectivity index (χ0v) is 14.9. The second-order valence-corrected chi connectivity index (χ2v) is 7.11. The molecule has 0 spiro atoms. The number of para-hydroxylation sites is 2. The molecule has 2 heterocycles. The average Bonchev–Trinajstić information content (AvgIpc) is 2.75. The first kappa shape index (κ1) is 16.8. The van der Waals surface area contributed by atoms with Crippen LogP contribution in [0.25, 0.3) is 0 Å². The summed E-state index contributed by atoms with van der Waals surface area (Å²) < 4.78 is 0. The van der Waals surface area contributed by atoms with Crippen molar-refractivity contribution in [2.24, 2.45) is 0 Å². The van der Waals surface area contributed by atoms with E-state index in [4.69, 9.17) is 0 Å². The van der Waals surface area contributed by atoms with Gasteiger partial charge in [-0.2, -0.15) is 0 Å². The Morgan fingerprint density at radius 3 is 2.69 bits per heavy atom. The van der Waals surface area contributed by atoms with Gasteiger partial charge in [0.1, 0.15) is 0 Å². The van der Waals surface area contributed by atoms with E-state index in [1.165, 1.54) is 11.1 Å². The largest absolute Gasteiger partial charge is 0.324 e. The summed E-state index contributed by atoms with van der Waals surface area (Å²) in [5, 5.41) is 2.91. The molecular formula is C21H23N3O2. The molecule has 5 heteroatoms. The molecule has 0 unspecified atom stereocenters. The zero-order chi connectivity index (χ0) is 18.1. The van der Waals surface area contributed by atoms with E-state index in [1.54, 1.807) is 4.90 Å². The van der Waals surface area contributed by atoms with Crippen molar-refractivity contribution in [3.63, 3.8) is 0 Å². The van der Waals surface area contributed by atoms with Crippen molar-refractivity contribution in [3.8, 4) is 0 Å². The van der Waals surface area contributed by atoms with Gasteiger partial charge in [0, 0.05) is 25.6 Å². The lowest BCUT2D eigenvalue weighted by atomic mass is 10.00. The fraction of sp³-hybridized carbons (Fsp3) is 0.333. The highest BCUT2D eigenvalue weighted by atomic mass is 16.2. The van der Waals surface area contributed by atoms with Crippen molar-refractivity contribution in [2.45, 2.75) is 32.4 Å². The minimum absolute atomic E-state index is 0.0424. The number of benzene rings is 2. The molecule has 2 amide bonds. The average molecular weight is 349 g/mol. The van der Waals surface area contributed by atoms with Crippen molar-refractivity contribution in [3.05, 3.63) is 59.7 Å². The highest BCUT2D eigenvalue weighted by Crippen LogP contribution is 2.31. The van der Waals surface area contributed by atoms with Crippen LogP contribution < -0.4 is 10.2 Å². The summed E-state index contributed by atoms with van der Waals surface area (Å²) in [5.41, 5.74) is 4.17. The van der Waals surface area contributed by atoms with Gasteiger partial charge in [-0.3, -0.25) is 14.5 Å². The van der Waals surface area contributed by atoms with E-state index in [0.717, 1.165) is 25.2 Å². The maximum atomic E-state index is 13.2. The Morgan fingerprint density at radius 1 is 1.12 bits per heavy atom. The molecule has 134 valence electrons. The van der Waals surface area contributed by atoms with Crippen LogP contribution in [-0.2, 0) is 22.6 Å². The highest BCUT2D eigenvalue weighted by Gasteiger charge is 2.30. The van der Waals surface area contributed by atoms with Crippen molar-refractivity contribution in [2.75, 3.05) is 23.3 Å². The van der Waals surface area contributed by atoms with Gasteiger partial charge in [-0.25, -0.2) is 0 Å². The Morgan fingerprint density at radius 2 is 1.85 bits per heavy atom. The van der Waals surface area contributed by atoms with Gasteiger partial charge in [-0.05, 0) is 36.6 Å². The van der Waals surface area contributed by atoms with Crippen molar-refractivity contribution in [1.82, 2.24) is 4.90 Å². The quantitative estimate of drug-likeness (QED) is 0.907. The summed E-state index contributed by atoms with van der Waals surface area (Å²) in [6, 6.07) is 15.8. The number of nitrogens with zero attached hydrogens (tertiary/aromatic N) is 2. The molecule has 2 aliphatic heterocycles. The lowest BCUT2D eigenvalue weighted by Gasteiger charge is -2.33. The first-order chi connectivity index (χ1) is 12.6. The number of amides is 2. The first-order valence-corrected chi connectivity index (χ1v) is 9.12. The van der Waals surface area contributed by atoms with Crippen LogP contribution in [0, 0.1) is 0 Å². The van der Waals surface area contributed by atoms with Crippen LogP contribution in [0.3, 0.4) is 0 Å². The second kappa shape index (κ2) is 6.92. The van der Waals surface area contributed by atoms with Gasteiger partial charge in [0.15, 0.2) is 0 Å². The Kier molecular flexibility index (Phi) is 4.47. The van der Waals surface area contributed by atoms with Crippen molar-refractivity contribution >= 4 is 23.2 Å². The van der Waals surface area contributed by atoms with Gasteiger partial charge in [-0.1, -0.05) is 36.4 Å². The molecule has 2 aromatic carbocycles. The maximum Gasteiger partial charge on any atom is 0.241 e. The van der Waals surface area contributed by atoms with E-state index in [9.17, 15) is 9.59 Å². The third-order valence-electron chi connectivity index (χ3n) is 5.20. The van der Waals surface area contributed by atoms with E-state index in [-0.39, 0.29) is 17.9 Å². The van der Waals surface area contributed by atoms with E-state index < -0.39 is 0 Å². The Bertz CT molecular complexity index is 849. The zero-order valence-electron chi connectivity index (χ0n) is 14.9. The summed E-state index contributed by atoms with van der Waals surface area (Å²) >= 11 is 0. The van der Waals surface area contributed by atoms with Gasteiger partial charge in [0.25, 0.3) is 0 Å². The minimum atomic E-state index is -0.164. The van der Waals surface area contributed by atoms with Gasteiger partial charge < -0.3 is 10.2 Å². The Labute approximate surface area is 153 Å². The lowest BCUT2D eigenvalue weighted by molar-refractivity contribution is -0.120. The third-order valence-corrected chi connectivity index (χ3v) is 5.20. The standard InChI is InChI=1S/C21H23N3O2/c1-15-12-20(25)22-18-8-4-5-9-19(18)24(15)21(26)14-23-11-10-16-6-2-3-7-17(16)13-23/h2-9,15H,10-14H2,1H3,(H,22,25)/t15-/m0/s1. The normalized spacial score (nSPS) is 20.0. The number of fused-ring (bicyclic) bond motifs is 2. The molecule has 4 rings (SSSR count). The molecule has 0 fully saturated rings. The van der Waals surface area contributed by atoms with Crippen molar-refractivity contribution < 1.29 is 9.59 Å². The second-order valence-electron chi connectivity index (χ2n) is 7.11. The topological polar surface area (TPSA) is 52.7 Å². The summed E-state index contributed by atoms with van der Waals surface area (Å²) in [4.78, 5) is 29.2. The molecule has 2 aromatic rings. The maximum absolute atomic E-state index is 13.2.